The van der Waals surface area contributed by atoms with E-state index in [1.807, 2.05) is 7.05 Å². The molecule has 2 rings (SSSR count). The number of hydrogen-bond donors (Lipinski definition) is 1. The van der Waals surface area contributed by atoms with Crippen molar-refractivity contribution in [2.45, 2.75) is 58.5 Å². The number of nitrogens with zero attached hydrogens (tertiary/aromatic N) is 3. The summed E-state index contributed by atoms with van der Waals surface area (Å²) in [6, 6.07) is 8.67. The minimum Gasteiger partial charge on any atom is -0.481 e. The van der Waals surface area contributed by atoms with E-state index in [0.29, 0.717) is 31.1 Å². The van der Waals surface area contributed by atoms with E-state index in [0.717, 1.165) is 6.54 Å². The van der Waals surface area contributed by atoms with Crippen molar-refractivity contribution in [2.24, 2.45) is 0 Å². The molecule has 25 heavy (non-hydrogen) atoms. The van der Waals surface area contributed by atoms with Crippen molar-refractivity contribution in [3.05, 3.63) is 47.1 Å². The van der Waals surface area contributed by atoms with Crippen LogP contribution in [0.5, 0.6) is 0 Å². The molecule has 0 saturated heterocycles. The molecule has 0 bridgehead atoms. The van der Waals surface area contributed by atoms with Crippen molar-refractivity contribution in [2.75, 3.05) is 7.05 Å². The van der Waals surface area contributed by atoms with E-state index in [1.165, 1.54) is 11.1 Å². The Balaban J connectivity index is 1.84. The number of aryl methyl sites for hydroxylation is 1. The average Bonchev–Trinajstić information content (AvgIpc) is 2.93. The van der Waals surface area contributed by atoms with Gasteiger partial charge in [-0.25, -0.2) is 0 Å². The molecular weight excluding hydrogens is 318 g/mol. The topological polar surface area (TPSA) is 79.5 Å². The molecule has 1 aromatic carbocycles. The number of rotatable bonds is 8. The van der Waals surface area contributed by atoms with E-state index in [4.69, 9.17) is 9.63 Å². The van der Waals surface area contributed by atoms with Crippen molar-refractivity contribution < 1.29 is 14.4 Å². The van der Waals surface area contributed by atoms with Crippen LogP contribution in [0.25, 0.3) is 0 Å². The summed E-state index contributed by atoms with van der Waals surface area (Å²) in [5, 5.41) is 12.6. The molecule has 0 unspecified atom stereocenters. The molecule has 0 fully saturated rings. The van der Waals surface area contributed by atoms with Crippen LogP contribution in [-0.2, 0) is 29.7 Å². The van der Waals surface area contributed by atoms with Crippen LogP contribution in [0.4, 0.5) is 0 Å². The molecule has 0 atom stereocenters. The van der Waals surface area contributed by atoms with Crippen LogP contribution in [0.2, 0.25) is 0 Å². The molecule has 1 N–H and O–H groups in total. The first-order valence-electron chi connectivity index (χ1n) is 8.55. The summed E-state index contributed by atoms with van der Waals surface area (Å²) in [5.74, 6) is 0.315. The maximum Gasteiger partial charge on any atom is 0.303 e. The van der Waals surface area contributed by atoms with Crippen LogP contribution in [-0.4, -0.2) is 33.2 Å². The maximum absolute atomic E-state index is 10.5. The highest BCUT2D eigenvalue weighted by molar-refractivity contribution is 5.66. The van der Waals surface area contributed by atoms with Gasteiger partial charge < -0.3 is 9.63 Å². The van der Waals surface area contributed by atoms with Crippen LogP contribution >= 0.6 is 0 Å². The van der Waals surface area contributed by atoms with Crippen molar-refractivity contribution in [3.8, 4) is 0 Å². The number of benzene rings is 1. The van der Waals surface area contributed by atoms with Gasteiger partial charge in [-0.05, 0) is 30.0 Å². The zero-order valence-electron chi connectivity index (χ0n) is 15.5. The lowest BCUT2D eigenvalue weighted by molar-refractivity contribution is -0.137. The molecule has 136 valence electrons. The number of carboxylic acid groups (broad SMARTS) is 1. The Morgan fingerprint density at radius 1 is 1.20 bits per heavy atom. The minimum absolute atomic E-state index is 0.113. The first-order valence-corrected chi connectivity index (χ1v) is 8.55. The predicted molar refractivity (Wildman–Crippen MR) is 95.2 cm³/mol. The van der Waals surface area contributed by atoms with Gasteiger partial charge in [0.05, 0.1) is 6.54 Å². The lowest BCUT2D eigenvalue weighted by Crippen LogP contribution is -2.18. The largest absolute Gasteiger partial charge is 0.481 e. The number of carboxylic acids is 1. The first-order chi connectivity index (χ1) is 11.7. The molecule has 0 saturated carbocycles. The van der Waals surface area contributed by atoms with Gasteiger partial charge in [-0.15, -0.1) is 0 Å². The number of aliphatic carboxylic acids is 1. The first kappa shape index (κ1) is 19.1. The quantitative estimate of drug-likeness (QED) is 0.790. The smallest absolute Gasteiger partial charge is 0.303 e. The Morgan fingerprint density at radius 2 is 1.88 bits per heavy atom. The molecule has 2 aromatic rings. The summed E-state index contributed by atoms with van der Waals surface area (Å²) < 4.78 is 5.17. The molecule has 0 amide bonds. The second kappa shape index (κ2) is 8.25. The maximum atomic E-state index is 10.5. The molecule has 1 aromatic heterocycles. The molecule has 6 heteroatoms. The Kier molecular flexibility index (Phi) is 6.31. The van der Waals surface area contributed by atoms with Crippen LogP contribution in [0.1, 0.15) is 56.5 Å². The third-order valence-corrected chi connectivity index (χ3v) is 3.98. The molecular formula is C19H27N3O3. The number of hydrogen-bond acceptors (Lipinski definition) is 5. The van der Waals surface area contributed by atoms with Crippen LogP contribution < -0.4 is 0 Å². The van der Waals surface area contributed by atoms with E-state index < -0.39 is 5.97 Å². The molecule has 0 aliphatic carbocycles. The molecule has 0 radical (unpaired) electrons. The van der Waals surface area contributed by atoms with Gasteiger partial charge in [0.25, 0.3) is 0 Å². The lowest BCUT2D eigenvalue weighted by atomic mass is 9.87. The Bertz CT molecular complexity index is 687. The second-order valence-electron chi connectivity index (χ2n) is 7.47. The van der Waals surface area contributed by atoms with Crippen LogP contribution in [0, 0.1) is 0 Å². The Morgan fingerprint density at radius 3 is 2.48 bits per heavy atom. The zero-order chi connectivity index (χ0) is 18.4. The van der Waals surface area contributed by atoms with Crippen LogP contribution in [0.3, 0.4) is 0 Å². The summed E-state index contributed by atoms with van der Waals surface area (Å²) in [7, 11) is 2.01. The third kappa shape index (κ3) is 6.31. The van der Waals surface area contributed by atoms with Gasteiger partial charge in [0.15, 0.2) is 5.82 Å². The van der Waals surface area contributed by atoms with Crippen molar-refractivity contribution in [3.63, 3.8) is 0 Å². The van der Waals surface area contributed by atoms with Gasteiger partial charge in [0, 0.05) is 19.4 Å². The van der Waals surface area contributed by atoms with Gasteiger partial charge >= 0.3 is 5.97 Å². The van der Waals surface area contributed by atoms with E-state index >= 15 is 0 Å². The summed E-state index contributed by atoms with van der Waals surface area (Å²) in [6.45, 7) is 8.01. The molecule has 0 aliphatic heterocycles. The van der Waals surface area contributed by atoms with Gasteiger partial charge in [-0.1, -0.05) is 50.2 Å². The molecule has 1 heterocycles. The Hall–Kier alpha value is -2.21. The number of carbonyl (C=O) groups is 1. The molecule has 0 spiro atoms. The monoisotopic (exact) mass is 345 g/mol. The lowest BCUT2D eigenvalue weighted by Gasteiger charge is -2.20. The fourth-order valence-electron chi connectivity index (χ4n) is 2.57. The molecule has 0 aliphatic rings. The Labute approximate surface area is 148 Å². The summed E-state index contributed by atoms with van der Waals surface area (Å²) in [6.07, 6.45) is 1.12. The SMILES string of the molecule is CN(Cc1ccc(C(C)(C)C)cc1)Cc1noc(CCCC(=O)O)n1. The van der Waals surface area contributed by atoms with E-state index in [2.05, 4.69) is 60.1 Å². The van der Waals surface area contributed by atoms with Gasteiger partial charge in [0.1, 0.15) is 0 Å². The second-order valence-corrected chi connectivity index (χ2v) is 7.47. The highest BCUT2D eigenvalue weighted by Crippen LogP contribution is 2.22. The average molecular weight is 345 g/mol. The summed E-state index contributed by atoms with van der Waals surface area (Å²) >= 11 is 0. The van der Waals surface area contributed by atoms with E-state index in [1.54, 1.807) is 0 Å². The highest BCUT2D eigenvalue weighted by atomic mass is 16.5. The zero-order valence-corrected chi connectivity index (χ0v) is 15.5. The summed E-state index contributed by atoms with van der Waals surface area (Å²) in [4.78, 5) is 17.0. The van der Waals surface area contributed by atoms with Gasteiger partial charge in [-0.2, -0.15) is 4.98 Å². The fraction of sp³-hybridized carbons (Fsp3) is 0.526. The van der Waals surface area contributed by atoms with Crippen molar-refractivity contribution in [1.82, 2.24) is 15.0 Å². The van der Waals surface area contributed by atoms with Gasteiger partial charge in [-0.3, -0.25) is 9.69 Å². The van der Waals surface area contributed by atoms with Crippen LogP contribution in [0.15, 0.2) is 28.8 Å². The number of aromatic nitrogens is 2. The fourth-order valence-corrected chi connectivity index (χ4v) is 2.57. The van der Waals surface area contributed by atoms with Crippen molar-refractivity contribution >= 4 is 5.97 Å². The normalized spacial score (nSPS) is 11.9. The highest BCUT2D eigenvalue weighted by Gasteiger charge is 2.14. The predicted octanol–water partition coefficient (Wildman–Crippen LogP) is 3.41. The standard InChI is InChI=1S/C19H27N3O3/c1-19(2,3)15-10-8-14(9-11-15)12-22(4)13-16-20-17(25-21-16)6-5-7-18(23)24/h8-11H,5-7,12-13H2,1-4H3,(H,23,24). The minimum atomic E-state index is -0.808. The van der Waals surface area contributed by atoms with Crippen molar-refractivity contribution in [1.29, 1.82) is 0 Å². The summed E-state index contributed by atoms with van der Waals surface area (Å²) in [5.41, 5.74) is 2.72. The van der Waals surface area contributed by atoms with Gasteiger partial charge in [0.2, 0.25) is 5.89 Å². The molecule has 6 nitrogen and oxygen atoms in total. The van der Waals surface area contributed by atoms with E-state index in [9.17, 15) is 4.79 Å². The van der Waals surface area contributed by atoms with E-state index in [-0.39, 0.29) is 11.8 Å². The third-order valence-electron chi connectivity index (χ3n) is 3.98.